The van der Waals surface area contributed by atoms with E-state index in [1.54, 1.807) is 24.3 Å². The van der Waals surface area contributed by atoms with Gasteiger partial charge in [0.25, 0.3) is 0 Å². The molecule has 5 heteroatoms. The summed E-state index contributed by atoms with van der Waals surface area (Å²) in [5.41, 5.74) is 2.80. The second-order valence-corrected chi connectivity index (χ2v) is 7.31. The summed E-state index contributed by atoms with van der Waals surface area (Å²) in [7, 11) is 0. The third-order valence-corrected chi connectivity index (χ3v) is 5.00. The molecule has 3 rings (SSSR count). The maximum absolute atomic E-state index is 12.3. The lowest BCUT2D eigenvalue weighted by Crippen LogP contribution is -2.35. The highest BCUT2D eigenvalue weighted by Gasteiger charge is 2.30. The van der Waals surface area contributed by atoms with Gasteiger partial charge in [0.05, 0.1) is 24.8 Å². The predicted molar refractivity (Wildman–Crippen MR) is 109 cm³/mol. The number of unbranched alkanes of at least 4 members (excludes halogenated alkanes) is 3. The zero-order valence-electron chi connectivity index (χ0n) is 16.8. The molecule has 2 aromatic rings. The summed E-state index contributed by atoms with van der Waals surface area (Å²) in [6.45, 7) is 2.72. The molecular weight excluding hydrogens is 366 g/mol. The highest BCUT2D eigenvalue weighted by molar-refractivity contribution is 5.75. The van der Waals surface area contributed by atoms with Crippen LogP contribution in [0.25, 0.3) is 0 Å². The monoisotopic (exact) mass is 393 g/mol. The number of benzene rings is 2. The van der Waals surface area contributed by atoms with Gasteiger partial charge in [-0.05, 0) is 42.7 Å². The van der Waals surface area contributed by atoms with Crippen LogP contribution in [-0.2, 0) is 20.7 Å². The Kier molecular flexibility index (Phi) is 7.80. The molecule has 1 heterocycles. The summed E-state index contributed by atoms with van der Waals surface area (Å²) in [5.74, 6) is -0.457. The van der Waals surface area contributed by atoms with Crippen molar-refractivity contribution in [1.29, 1.82) is 5.26 Å². The van der Waals surface area contributed by atoms with Crippen LogP contribution in [0.1, 0.15) is 55.6 Å². The summed E-state index contributed by atoms with van der Waals surface area (Å²) >= 11 is 0. The van der Waals surface area contributed by atoms with E-state index in [1.807, 2.05) is 18.2 Å². The van der Waals surface area contributed by atoms with Gasteiger partial charge < -0.3 is 14.2 Å². The van der Waals surface area contributed by atoms with Gasteiger partial charge in [-0.2, -0.15) is 5.26 Å². The van der Waals surface area contributed by atoms with Crippen LogP contribution in [0.2, 0.25) is 0 Å². The van der Waals surface area contributed by atoms with Crippen molar-refractivity contribution >= 4 is 5.97 Å². The Labute approximate surface area is 172 Å². The summed E-state index contributed by atoms with van der Waals surface area (Å²) in [6.07, 6.45) is 5.66. The largest absolute Gasteiger partial charge is 0.426 e. The number of nitriles is 1. The minimum Gasteiger partial charge on any atom is -0.426 e. The van der Waals surface area contributed by atoms with Gasteiger partial charge in [-0.15, -0.1) is 0 Å². The molecule has 0 aromatic heterocycles. The lowest BCUT2D eigenvalue weighted by atomic mass is 10.0. The minimum absolute atomic E-state index is 0.249. The lowest BCUT2D eigenvalue weighted by molar-refractivity contribution is -0.210. The van der Waals surface area contributed by atoms with Gasteiger partial charge in [0.2, 0.25) is 0 Å². The van der Waals surface area contributed by atoms with Gasteiger partial charge in [-0.25, -0.2) is 0 Å². The third-order valence-electron chi connectivity index (χ3n) is 5.00. The van der Waals surface area contributed by atoms with E-state index in [2.05, 4.69) is 19.1 Å². The molecule has 0 atom stereocenters. The van der Waals surface area contributed by atoms with Crippen LogP contribution >= 0.6 is 0 Å². The van der Waals surface area contributed by atoms with E-state index in [-0.39, 0.29) is 13.2 Å². The zero-order chi connectivity index (χ0) is 20.5. The van der Waals surface area contributed by atoms with Crippen molar-refractivity contribution in [2.75, 3.05) is 13.2 Å². The van der Waals surface area contributed by atoms with E-state index in [4.69, 9.17) is 19.5 Å². The first kappa shape index (κ1) is 21.0. The summed E-state index contributed by atoms with van der Waals surface area (Å²) in [5, 5.41) is 8.82. The molecule has 0 radical (unpaired) electrons. The van der Waals surface area contributed by atoms with Crippen LogP contribution in [0.3, 0.4) is 0 Å². The molecule has 1 saturated heterocycles. The number of nitrogens with zero attached hydrogens (tertiary/aromatic N) is 1. The molecule has 0 aliphatic carbocycles. The fourth-order valence-electron chi connectivity index (χ4n) is 3.23. The minimum atomic E-state index is -0.472. The number of ether oxygens (including phenoxy) is 3. The Morgan fingerprint density at radius 1 is 1.03 bits per heavy atom. The Bertz CT molecular complexity index is 815. The van der Waals surface area contributed by atoms with E-state index < -0.39 is 18.2 Å². The molecule has 5 nitrogen and oxygen atoms in total. The van der Waals surface area contributed by atoms with Crippen molar-refractivity contribution in [2.24, 2.45) is 5.92 Å². The average molecular weight is 393 g/mol. The SMILES string of the molecule is CCCCCCc1ccc([C@H]2OC[C@H](C(=O)Oc3ccc(C#N)cc3)CO2)cc1. The summed E-state index contributed by atoms with van der Waals surface area (Å²) < 4.78 is 16.9. The van der Waals surface area contributed by atoms with Gasteiger partial charge in [-0.3, -0.25) is 4.79 Å². The lowest BCUT2D eigenvalue weighted by Gasteiger charge is -2.28. The maximum atomic E-state index is 12.3. The second-order valence-electron chi connectivity index (χ2n) is 7.31. The van der Waals surface area contributed by atoms with Crippen LogP contribution in [0.5, 0.6) is 5.75 Å². The molecule has 0 N–H and O–H groups in total. The fraction of sp³-hybridized carbons (Fsp3) is 0.417. The Morgan fingerprint density at radius 2 is 1.72 bits per heavy atom. The van der Waals surface area contributed by atoms with Gasteiger partial charge in [0.1, 0.15) is 11.7 Å². The van der Waals surface area contributed by atoms with Crippen LogP contribution in [0, 0.1) is 17.2 Å². The van der Waals surface area contributed by atoms with E-state index in [0.29, 0.717) is 11.3 Å². The van der Waals surface area contributed by atoms with Crippen molar-refractivity contribution in [1.82, 2.24) is 0 Å². The number of carbonyl (C=O) groups excluding carboxylic acids is 1. The van der Waals surface area contributed by atoms with Crippen LogP contribution < -0.4 is 4.74 Å². The molecule has 0 bridgehead atoms. The molecule has 0 unspecified atom stereocenters. The molecule has 2 aromatic carbocycles. The highest BCUT2D eigenvalue weighted by Crippen LogP contribution is 2.26. The van der Waals surface area contributed by atoms with E-state index in [9.17, 15) is 4.79 Å². The zero-order valence-corrected chi connectivity index (χ0v) is 16.8. The Hall–Kier alpha value is -2.68. The van der Waals surface area contributed by atoms with Crippen molar-refractivity contribution in [3.8, 4) is 11.8 Å². The van der Waals surface area contributed by atoms with Gasteiger partial charge in [0.15, 0.2) is 6.29 Å². The standard InChI is InChI=1S/C24H27NO4/c1-2-3-4-5-6-18-7-11-20(12-8-18)24-27-16-21(17-28-24)23(26)29-22-13-9-19(15-25)10-14-22/h7-14,21,24H,2-6,16-17H2,1H3/t21-,24-. The number of rotatable bonds is 8. The molecule has 0 saturated carbocycles. The smallest absolute Gasteiger partial charge is 0.319 e. The van der Waals surface area contributed by atoms with E-state index in [0.717, 1.165) is 12.0 Å². The first-order chi connectivity index (χ1) is 14.2. The molecular formula is C24H27NO4. The van der Waals surface area contributed by atoms with Crippen molar-refractivity contribution in [3.63, 3.8) is 0 Å². The summed E-state index contributed by atoms with van der Waals surface area (Å²) in [4.78, 5) is 12.3. The highest BCUT2D eigenvalue weighted by atomic mass is 16.7. The van der Waals surface area contributed by atoms with Crippen LogP contribution in [-0.4, -0.2) is 19.2 Å². The fourth-order valence-corrected chi connectivity index (χ4v) is 3.23. The molecule has 1 aliphatic heterocycles. The number of hydrogen-bond acceptors (Lipinski definition) is 5. The van der Waals surface area contributed by atoms with Gasteiger partial charge >= 0.3 is 5.97 Å². The Balaban J connectivity index is 1.45. The quantitative estimate of drug-likeness (QED) is 0.361. The first-order valence-corrected chi connectivity index (χ1v) is 10.2. The van der Waals surface area contributed by atoms with Crippen molar-refractivity contribution in [3.05, 3.63) is 65.2 Å². The maximum Gasteiger partial charge on any atom is 0.319 e. The van der Waals surface area contributed by atoms with Gasteiger partial charge in [-0.1, -0.05) is 50.5 Å². The molecule has 152 valence electrons. The first-order valence-electron chi connectivity index (χ1n) is 10.2. The van der Waals surface area contributed by atoms with E-state index in [1.165, 1.54) is 31.2 Å². The number of hydrogen-bond donors (Lipinski definition) is 0. The number of aryl methyl sites for hydroxylation is 1. The molecule has 29 heavy (non-hydrogen) atoms. The van der Waals surface area contributed by atoms with E-state index >= 15 is 0 Å². The predicted octanol–water partition coefficient (Wildman–Crippen LogP) is 4.95. The van der Waals surface area contributed by atoms with Crippen molar-refractivity contribution in [2.45, 2.75) is 45.3 Å². The van der Waals surface area contributed by atoms with Crippen LogP contribution in [0.15, 0.2) is 48.5 Å². The molecule has 0 amide bonds. The normalized spacial score (nSPS) is 18.8. The van der Waals surface area contributed by atoms with Gasteiger partial charge in [0, 0.05) is 5.56 Å². The average Bonchev–Trinajstić information content (AvgIpc) is 2.78. The topological polar surface area (TPSA) is 68.5 Å². The number of esters is 1. The van der Waals surface area contributed by atoms with Crippen LogP contribution in [0.4, 0.5) is 0 Å². The Morgan fingerprint density at radius 3 is 2.34 bits per heavy atom. The third kappa shape index (κ3) is 6.15. The molecule has 1 fully saturated rings. The summed E-state index contributed by atoms with van der Waals surface area (Å²) in [6, 6.07) is 16.8. The molecule has 0 spiro atoms. The second kappa shape index (κ2) is 10.8. The van der Waals surface area contributed by atoms with Crippen molar-refractivity contribution < 1.29 is 19.0 Å². The molecule has 1 aliphatic rings. The number of carbonyl (C=O) groups is 1.